The van der Waals surface area contributed by atoms with Crippen molar-refractivity contribution in [2.24, 2.45) is 0 Å². The Labute approximate surface area is 63.8 Å². The van der Waals surface area contributed by atoms with Crippen molar-refractivity contribution in [1.82, 2.24) is 0 Å². The largest absolute Gasteiger partial charge is 0.381 e. The Hall–Kier alpha value is -0.480. The maximum absolute atomic E-state index is 5.20. The molecule has 0 N–H and O–H groups in total. The van der Waals surface area contributed by atoms with E-state index >= 15 is 0 Å². The molecule has 10 heavy (non-hydrogen) atoms. The van der Waals surface area contributed by atoms with Crippen LogP contribution < -0.4 is 0 Å². The van der Waals surface area contributed by atoms with Crippen molar-refractivity contribution in [3.05, 3.63) is 0 Å². The number of rotatable bonds is 5. The molecular weight excluding hydrogens is 124 g/mol. The second-order valence-electron chi connectivity index (χ2n) is 2.39. The quantitative estimate of drug-likeness (QED) is 0.532. The predicted molar refractivity (Wildman–Crippen MR) is 43.8 cm³/mol. The van der Waals surface area contributed by atoms with Crippen LogP contribution in [0.3, 0.4) is 0 Å². The molecule has 1 atom stereocenters. The zero-order chi connectivity index (χ0) is 7.82. The van der Waals surface area contributed by atoms with Crippen LogP contribution in [0.25, 0.3) is 0 Å². The van der Waals surface area contributed by atoms with Gasteiger partial charge in [0, 0.05) is 13.5 Å². The van der Waals surface area contributed by atoms with Crippen LogP contribution in [-0.2, 0) is 4.74 Å². The summed E-state index contributed by atoms with van der Waals surface area (Å²) >= 11 is 0. The summed E-state index contributed by atoms with van der Waals surface area (Å²) in [7, 11) is 1.75. The van der Waals surface area contributed by atoms with Gasteiger partial charge in [0.2, 0.25) is 0 Å². The normalized spacial score (nSPS) is 12.5. The number of hydrogen-bond acceptors (Lipinski definition) is 1. The Kier molecular flexibility index (Phi) is 6.32. The van der Waals surface area contributed by atoms with Crippen molar-refractivity contribution in [3.63, 3.8) is 0 Å². The van der Waals surface area contributed by atoms with E-state index in [0.717, 1.165) is 19.3 Å². The van der Waals surface area contributed by atoms with Gasteiger partial charge in [0.05, 0.1) is 6.10 Å². The van der Waals surface area contributed by atoms with E-state index in [1.165, 1.54) is 6.42 Å². The highest BCUT2D eigenvalue weighted by Crippen LogP contribution is 2.06. The smallest absolute Gasteiger partial charge is 0.0580 e. The van der Waals surface area contributed by atoms with Crippen molar-refractivity contribution in [2.75, 3.05) is 7.11 Å². The van der Waals surface area contributed by atoms with E-state index in [-0.39, 0.29) is 0 Å². The lowest BCUT2D eigenvalue weighted by Crippen LogP contribution is -2.08. The molecule has 0 aromatic heterocycles. The molecule has 1 heteroatoms. The molecular formula is C9H16O. The van der Waals surface area contributed by atoms with Gasteiger partial charge in [-0.3, -0.25) is 0 Å². The molecule has 0 aliphatic heterocycles. The fourth-order valence-electron chi connectivity index (χ4n) is 0.946. The van der Waals surface area contributed by atoms with Crippen LogP contribution in [0, 0.1) is 12.3 Å². The number of ether oxygens (including phenoxy) is 1. The molecule has 0 spiro atoms. The second-order valence-corrected chi connectivity index (χ2v) is 2.39. The van der Waals surface area contributed by atoms with E-state index in [1.807, 2.05) is 0 Å². The van der Waals surface area contributed by atoms with Gasteiger partial charge in [-0.05, 0) is 12.8 Å². The highest BCUT2D eigenvalue weighted by Gasteiger charge is 2.02. The van der Waals surface area contributed by atoms with Crippen LogP contribution in [0.2, 0.25) is 0 Å². The van der Waals surface area contributed by atoms with Crippen LogP contribution in [0.1, 0.15) is 32.6 Å². The van der Waals surface area contributed by atoms with Gasteiger partial charge in [0.25, 0.3) is 0 Å². The molecule has 0 rings (SSSR count). The first-order valence-corrected chi connectivity index (χ1v) is 3.81. The van der Waals surface area contributed by atoms with Gasteiger partial charge in [0.1, 0.15) is 0 Å². The maximum Gasteiger partial charge on any atom is 0.0580 e. The third-order valence-electron chi connectivity index (χ3n) is 1.55. The summed E-state index contributed by atoms with van der Waals surface area (Å²) in [5.41, 5.74) is 0. The fourth-order valence-corrected chi connectivity index (χ4v) is 0.946. The Bertz CT molecular complexity index is 102. The molecule has 0 fully saturated rings. The Balaban J connectivity index is 3.32. The van der Waals surface area contributed by atoms with E-state index in [4.69, 9.17) is 11.2 Å². The Morgan fingerprint density at radius 2 is 2.20 bits per heavy atom. The van der Waals surface area contributed by atoms with Crippen LogP contribution in [0.5, 0.6) is 0 Å². The standard InChI is InChI=1S/C9H16O/c1-4-6-8-9(10-3)7-5-2/h1,9H,5-8H2,2-3H3. The highest BCUT2D eigenvalue weighted by molar-refractivity contribution is 4.84. The molecule has 1 nitrogen and oxygen atoms in total. The first kappa shape index (κ1) is 9.52. The summed E-state index contributed by atoms with van der Waals surface area (Å²) < 4.78 is 5.20. The van der Waals surface area contributed by atoms with Gasteiger partial charge in [-0.25, -0.2) is 0 Å². The summed E-state index contributed by atoms with van der Waals surface area (Å²) in [4.78, 5) is 0. The molecule has 0 aromatic rings. The van der Waals surface area contributed by atoms with Crippen LogP contribution in [0.4, 0.5) is 0 Å². The molecule has 0 aliphatic rings. The number of terminal acetylenes is 1. The van der Waals surface area contributed by atoms with E-state index in [2.05, 4.69) is 12.8 Å². The molecule has 0 saturated heterocycles. The first-order chi connectivity index (χ1) is 4.85. The zero-order valence-electron chi connectivity index (χ0n) is 6.89. The van der Waals surface area contributed by atoms with E-state index in [9.17, 15) is 0 Å². The topological polar surface area (TPSA) is 9.23 Å². The van der Waals surface area contributed by atoms with Crippen LogP contribution in [-0.4, -0.2) is 13.2 Å². The Morgan fingerprint density at radius 3 is 2.60 bits per heavy atom. The molecule has 0 bridgehead atoms. The molecule has 1 unspecified atom stereocenters. The van der Waals surface area contributed by atoms with Crippen molar-refractivity contribution in [1.29, 1.82) is 0 Å². The van der Waals surface area contributed by atoms with E-state index in [1.54, 1.807) is 7.11 Å². The third kappa shape index (κ3) is 4.40. The molecule has 58 valence electrons. The summed E-state index contributed by atoms with van der Waals surface area (Å²) in [6.07, 6.45) is 9.62. The lowest BCUT2D eigenvalue weighted by molar-refractivity contribution is 0.0887. The lowest BCUT2D eigenvalue weighted by atomic mass is 10.1. The van der Waals surface area contributed by atoms with Crippen LogP contribution >= 0.6 is 0 Å². The van der Waals surface area contributed by atoms with Crippen molar-refractivity contribution >= 4 is 0 Å². The van der Waals surface area contributed by atoms with Gasteiger partial charge >= 0.3 is 0 Å². The van der Waals surface area contributed by atoms with Crippen molar-refractivity contribution in [2.45, 2.75) is 38.7 Å². The first-order valence-electron chi connectivity index (χ1n) is 3.81. The molecule has 0 aromatic carbocycles. The van der Waals surface area contributed by atoms with Crippen molar-refractivity contribution in [3.8, 4) is 12.3 Å². The average Bonchev–Trinajstić information content (AvgIpc) is 1.98. The van der Waals surface area contributed by atoms with E-state index in [0.29, 0.717) is 6.10 Å². The van der Waals surface area contributed by atoms with Gasteiger partial charge in [-0.1, -0.05) is 13.3 Å². The van der Waals surface area contributed by atoms with Gasteiger partial charge in [-0.2, -0.15) is 0 Å². The van der Waals surface area contributed by atoms with Crippen LogP contribution in [0.15, 0.2) is 0 Å². The van der Waals surface area contributed by atoms with E-state index < -0.39 is 0 Å². The summed E-state index contributed by atoms with van der Waals surface area (Å²) in [6.45, 7) is 2.15. The lowest BCUT2D eigenvalue weighted by Gasteiger charge is -2.11. The molecule has 0 amide bonds. The summed E-state index contributed by atoms with van der Waals surface area (Å²) in [5, 5.41) is 0. The van der Waals surface area contributed by atoms with Gasteiger partial charge in [-0.15, -0.1) is 12.3 Å². The van der Waals surface area contributed by atoms with Gasteiger partial charge in [0.15, 0.2) is 0 Å². The molecule has 0 aliphatic carbocycles. The predicted octanol–water partition coefficient (Wildman–Crippen LogP) is 2.21. The molecule has 0 heterocycles. The minimum atomic E-state index is 0.376. The third-order valence-corrected chi connectivity index (χ3v) is 1.55. The highest BCUT2D eigenvalue weighted by atomic mass is 16.5. The average molecular weight is 140 g/mol. The number of methoxy groups -OCH3 is 1. The monoisotopic (exact) mass is 140 g/mol. The SMILES string of the molecule is C#CCCC(CCC)OC. The van der Waals surface area contributed by atoms with Crippen molar-refractivity contribution < 1.29 is 4.74 Å². The second kappa shape index (κ2) is 6.64. The zero-order valence-corrected chi connectivity index (χ0v) is 6.89. The Morgan fingerprint density at radius 1 is 1.50 bits per heavy atom. The molecule has 0 radical (unpaired) electrons. The molecule has 0 saturated carbocycles. The summed E-state index contributed by atoms with van der Waals surface area (Å²) in [5.74, 6) is 2.61. The number of hydrogen-bond donors (Lipinski definition) is 0. The van der Waals surface area contributed by atoms with Gasteiger partial charge < -0.3 is 4.74 Å². The fraction of sp³-hybridized carbons (Fsp3) is 0.778. The summed E-state index contributed by atoms with van der Waals surface area (Å²) in [6, 6.07) is 0. The maximum atomic E-state index is 5.20. The minimum Gasteiger partial charge on any atom is -0.381 e. The minimum absolute atomic E-state index is 0.376.